The SMILES string of the molecule is CC(C)(C)c1ccc2c(c1)C1(c3ccccc3Sc3ccc(N(c4ccc5c(c4)C(C)(C)c4ccccc4-5)c4ccc5c(c4)C4(c6ccccc6-c6ccccc64)c4ccccc4-5)cc31)c1cc(C(C)(C)C)ccc1-2. The molecule has 0 bridgehead atoms. The van der Waals surface area contributed by atoms with E-state index in [4.69, 9.17) is 0 Å². The summed E-state index contributed by atoms with van der Waals surface area (Å²) < 4.78 is 0. The summed E-state index contributed by atoms with van der Waals surface area (Å²) in [5, 5.41) is 0. The minimum absolute atomic E-state index is 0.0437. The van der Waals surface area contributed by atoms with Crippen LogP contribution in [0.5, 0.6) is 0 Å². The average Bonchev–Trinajstić information content (AvgIpc) is 4.07. The summed E-state index contributed by atoms with van der Waals surface area (Å²) in [5.41, 5.74) is 29.0. The molecule has 0 radical (unpaired) electrons. The van der Waals surface area contributed by atoms with Gasteiger partial charge in [0.05, 0.1) is 10.8 Å². The topological polar surface area (TPSA) is 3.24 Å². The summed E-state index contributed by atoms with van der Waals surface area (Å²) in [5.74, 6) is 0. The van der Waals surface area contributed by atoms with Crippen molar-refractivity contribution in [2.75, 3.05) is 4.90 Å². The first-order valence-corrected chi connectivity index (χ1v) is 27.7. The van der Waals surface area contributed by atoms with Gasteiger partial charge in [0.15, 0.2) is 0 Å². The van der Waals surface area contributed by atoms with Gasteiger partial charge < -0.3 is 4.90 Å². The molecule has 75 heavy (non-hydrogen) atoms. The molecule has 10 aromatic rings. The van der Waals surface area contributed by atoms with Crippen LogP contribution in [0.25, 0.3) is 44.5 Å². The number of nitrogens with zero attached hydrogens (tertiary/aromatic N) is 1. The fourth-order valence-electron chi connectivity index (χ4n) is 14.5. The van der Waals surface area contributed by atoms with Gasteiger partial charge in [-0.15, -0.1) is 0 Å². The van der Waals surface area contributed by atoms with E-state index < -0.39 is 10.8 Å². The third kappa shape index (κ3) is 5.87. The van der Waals surface area contributed by atoms with Crippen LogP contribution >= 0.6 is 11.8 Å². The number of benzene rings is 10. The summed E-state index contributed by atoms with van der Waals surface area (Å²) in [6.07, 6.45) is 0. The van der Waals surface area contributed by atoms with Crippen molar-refractivity contribution in [3.8, 4) is 44.5 Å². The first kappa shape index (κ1) is 44.8. The lowest BCUT2D eigenvalue weighted by molar-refractivity contribution is 0.585. The zero-order valence-electron chi connectivity index (χ0n) is 44.1. The molecular weight excluding hydrogens is 923 g/mol. The van der Waals surface area contributed by atoms with Gasteiger partial charge in [-0.2, -0.15) is 0 Å². The Morgan fingerprint density at radius 2 is 0.627 bits per heavy atom. The Morgan fingerprint density at radius 3 is 1.13 bits per heavy atom. The molecule has 10 aromatic carbocycles. The van der Waals surface area contributed by atoms with Gasteiger partial charge >= 0.3 is 0 Å². The molecule has 1 heterocycles. The Kier molecular flexibility index (Phi) is 9.10. The maximum atomic E-state index is 2.59. The molecule has 0 saturated heterocycles. The lowest BCUT2D eigenvalue weighted by Gasteiger charge is -2.41. The third-order valence-electron chi connectivity index (χ3n) is 18.1. The van der Waals surface area contributed by atoms with E-state index >= 15 is 0 Å². The molecule has 0 N–H and O–H groups in total. The van der Waals surface area contributed by atoms with Crippen molar-refractivity contribution < 1.29 is 0 Å². The highest BCUT2D eigenvalue weighted by Crippen LogP contribution is 2.66. The van der Waals surface area contributed by atoms with Crippen molar-refractivity contribution in [1.29, 1.82) is 0 Å². The molecule has 0 fully saturated rings. The fraction of sp³-hybridized carbons (Fsp3) is 0.178. The van der Waals surface area contributed by atoms with E-state index in [2.05, 4.69) is 273 Å². The van der Waals surface area contributed by atoms with Crippen LogP contribution < -0.4 is 4.90 Å². The Balaban J connectivity index is 1.03. The molecule has 0 amide bonds. The maximum absolute atomic E-state index is 2.59. The molecule has 5 aliphatic rings. The summed E-state index contributed by atoms with van der Waals surface area (Å²) in [7, 11) is 0. The van der Waals surface area contributed by atoms with E-state index in [0.717, 1.165) is 17.1 Å². The molecule has 1 aliphatic heterocycles. The van der Waals surface area contributed by atoms with E-state index in [0.29, 0.717) is 0 Å². The second kappa shape index (κ2) is 15.2. The second-order valence-corrected chi connectivity index (χ2v) is 25.5. The summed E-state index contributed by atoms with van der Waals surface area (Å²) in [4.78, 5) is 5.21. The fourth-order valence-corrected chi connectivity index (χ4v) is 15.7. The Morgan fingerprint density at radius 1 is 0.293 bits per heavy atom. The van der Waals surface area contributed by atoms with Crippen LogP contribution in [-0.2, 0) is 27.1 Å². The van der Waals surface area contributed by atoms with Gasteiger partial charge in [0.25, 0.3) is 0 Å². The quantitative estimate of drug-likeness (QED) is 0.174. The summed E-state index contributed by atoms with van der Waals surface area (Å²) in [6.45, 7) is 18.9. The standard InChI is InChI=1S/C73H59NS/c1-69(2,3)44-29-34-54-55-35-30-45(70(4,5)6)40-64(55)73(63(54)39-44)61-27-17-18-28-67(61)75-68-38-33-48(43-66(68)73)74(46-31-36-53-49-19-9-13-23-57(49)71(7,8)62(53)41-46)47-32-37-56-52-22-12-16-26-60(52)72(65(56)42-47)58-24-14-10-20-50(58)51-21-11-15-25-59(51)72/h9-43H,1-8H3. The lowest BCUT2D eigenvalue weighted by Crippen LogP contribution is -2.33. The molecule has 1 nitrogen and oxygen atoms in total. The van der Waals surface area contributed by atoms with Crippen LogP contribution in [0.15, 0.2) is 222 Å². The zero-order chi connectivity index (χ0) is 51.0. The molecule has 362 valence electrons. The number of fused-ring (bicyclic) bond motifs is 22. The van der Waals surface area contributed by atoms with Crippen LogP contribution in [0.4, 0.5) is 17.1 Å². The van der Waals surface area contributed by atoms with E-state index in [9.17, 15) is 0 Å². The van der Waals surface area contributed by atoms with Crippen molar-refractivity contribution in [1.82, 2.24) is 0 Å². The van der Waals surface area contributed by atoms with Crippen LogP contribution in [-0.4, -0.2) is 0 Å². The van der Waals surface area contributed by atoms with Gasteiger partial charge in [-0.05, 0) is 171 Å². The molecule has 0 unspecified atom stereocenters. The number of hydrogen-bond donors (Lipinski definition) is 0. The van der Waals surface area contributed by atoms with Crippen LogP contribution in [0.1, 0.15) is 122 Å². The lowest BCUT2D eigenvalue weighted by atomic mass is 9.66. The third-order valence-corrected chi connectivity index (χ3v) is 19.2. The van der Waals surface area contributed by atoms with E-state index in [1.807, 2.05) is 11.8 Å². The van der Waals surface area contributed by atoms with E-state index in [1.54, 1.807) is 0 Å². The van der Waals surface area contributed by atoms with Crippen molar-refractivity contribution in [2.45, 2.75) is 92.3 Å². The first-order chi connectivity index (χ1) is 36.2. The van der Waals surface area contributed by atoms with Gasteiger partial charge in [-0.25, -0.2) is 0 Å². The van der Waals surface area contributed by atoms with Crippen LogP contribution in [0, 0.1) is 0 Å². The smallest absolute Gasteiger partial charge is 0.0736 e. The van der Waals surface area contributed by atoms with Crippen molar-refractivity contribution >= 4 is 28.8 Å². The number of rotatable bonds is 3. The predicted octanol–water partition coefficient (Wildman–Crippen LogP) is 19.2. The molecular formula is C73H59NS. The first-order valence-electron chi connectivity index (χ1n) is 26.9. The molecule has 0 saturated carbocycles. The Hall–Kier alpha value is -7.65. The second-order valence-electron chi connectivity index (χ2n) is 24.4. The van der Waals surface area contributed by atoms with Gasteiger partial charge in [0.1, 0.15) is 0 Å². The van der Waals surface area contributed by atoms with Crippen molar-refractivity contribution in [3.05, 3.63) is 279 Å². The van der Waals surface area contributed by atoms with Crippen LogP contribution in [0.3, 0.4) is 0 Å². The van der Waals surface area contributed by atoms with E-state index in [1.165, 1.54) is 121 Å². The van der Waals surface area contributed by atoms with Gasteiger partial charge in [-0.3, -0.25) is 0 Å². The van der Waals surface area contributed by atoms with Crippen molar-refractivity contribution in [3.63, 3.8) is 0 Å². The van der Waals surface area contributed by atoms with Crippen LogP contribution in [0.2, 0.25) is 0 Å². The van der Waals surface area contributed by atoms with Gasteiger partial charge in [-0.1, -0.05) is 231 Å². The maximum Gasteiger partial charge on any atom is 0.0736 e. The van der Waals surface area contributed by atoms with Gasteiger partial charge in [0.2, 0.25) is 0 Å². The predicted molar refractivity (Wildman–Crippen MR) is 314 cm³/mol. The Bertz CT molecular complexity index is 3990. The summed E-state index contributed by atoms with van der Waals surface area (Å²) >= 11 is 1.92. The zero-order valence-corrected chi connectivity index (χ0v) is 44.9. The number of anilines is 3. The molecule has 15 rings (SSSR count). The Labute approximate surface area is 447 Å². The largest absolute Gasteiger partial charge is 0.310 e. The minimum atomic E-state index is -0.575. The molecule has 2 heteroatoms. The monoisotopic (exact) mass is 981 g/mol. The molecule has 0 aromatic heterocycles. The average molecular weight is 982 g/mol. The number of hydrogen-bond acceptors (Lipinski definition) is 2. The molecule has 2 spiro atoms. The highest BCUT2D eigenvalue weighted by Gasteiger charge is 2.53. The molecule has 0 atom stereocenters. The highest BCUT2D eigenvalue weighted by atomic mass is 32.2. The highest BCUT2D eigenvalue weighted by molar-refractivity contribution is 7.99. The van der Waals surface area contributed by atoms with E-state index in [-0.39, 0.29) is 16.2 Å². The summed E-state index contributed by atoms with van der Waals surface area (Å²) in [6, 6.07) is 82.7. The normalized spacial score (nSPS) is 15.7. The van der Waals surface area contributed by atoms with Crippen molar-refractivity contribution in [2.24, 2.45) is 0 Å². The molecule has 4 aliphatic carbocycles. The minimum Gasteiger partial charge on any atom is -0.310 e. The van der Waals surface area contributed by atoms with Gasteiger partial charge in [0, 0.05) is 32.3 Å².